The molecule has 0 bridgehead atoms. The SMILES string of the molecule is CC(=O)CCC(=O)NCCOCCOCCNC(C)=O. The molecular weight excluding hydrogens is 264 g/mol. The Balaban J connectivity index is 3.18. The van der Waals surface area contributed by atoms with Crippen molar-refractivity contribution in [2.24, 2.45) is 0 Å². The van der Waals surface area contributed by atoms with Gasteiger partial charge in [0.2, 0.25) is 11.8 Å². The fraction of sp³-hybridized carbons (Fsp3) is 0.769. The smallest absolute Gasteiger partial charge is 0.220 e. The van der Waals surface area contributed by atoms with Crippen LogP contribution in [0.5, 0.6) is 0 Å². The molecule has 0 aliphatic heterocycles. The summed E-state index contributed by atoms with van der Waals surface area (Å²) in [5, 5.41) is 5.27. The Bertz CT molecular complexity index is 307. The highest BCUT2D eigenvalue weighted by Gasteiger charge is 2.02. The van der Waals surface area contributed by atoms with Gasteiger partial charge in [0.05, 0.1) is 26.4 Å². The molecule has 0 aliphatic carbocycles. The largest absolute Gasteiger partial charge is 0.377 e. The van der Waals surface area contributed by atoms with E-state index in [1.807, 2.05) is 0 Å². The Morgan fingerprint density at radius 1 is 0.800 bits per heavy atom. The first-order chi connectivity index (χ1) is 9.52. The number of rotatable bonds is 12. The maximum absolute atomic E-state index is 11.2. The summed E-state index contributed by atoms with van der Waals surface area (Å²) in [6.07, 6.45) is 0.496. The van der Waals surface area contributed by atoms with Gasteiger partial charge in [-0.2, -0.15) is 0 Å². The molecule has 0 fully saturated rings. The molecule has 0 rings (SSSR count). The molecule has 0 atom stereocenters. The summed E-state index contributed by atoms with van der Waals surface area (Å²) >= 11 is 0. The van der Waals surface area contributed by atoms with Crippen molar-refractivity contribution in [3.05, 3.63) is 0 Å². The fourth-order valence-corrected chi connectivity index (χ4v) is 1.26. The fourth-order valence-electron chi connectivity index (χ4n) is 1.26. The van der Waals surface area contributed by atoms with E-state index in [0.717, 1.165) is 0 Å². The number of hydrogen-bond acceptors (Lipinski definition) is 5. The number of carbonyl (C=O) groups is 3. The summed E-state index contributed by atoms with van der Waals surface area (Å²) in [6, 6.07) is 0. The van der Waals surface area contributed by atoms with Crippen molar-refractivity contribution in [3.8, 4) is 0 Å². The van der Waals surface area contributed by atoms with Crippen LogP contribution in [0.1, 0.15) is 26.7 Å². The van der Waals surface area contributed by atoms with Crippen LogP contribution in [0.15, 0.2) is 0 Å². The van der Waals surface area contributed by atoms with Gasteiger partial charge in [0, 0.05) is 32.9 Å². The van der Waals surface area contributed by atoms with E-state index in [1.165, 1.54) is 13.8 Å². The van der Waals surface area contributed by atoms with Crippen molar-refractivity contribution < 1.29 is 23.9 Å². The monoisotopic (exact) mass is 288 g/mol. The van der Waals surface area contributed by atoms with Gasteiger partial charge in [0.1, 0.15) is 5.78 Å². The Morgan fingerprint density at radius 3 is 1.85 bits per heavy atom. The maximum atomic E-state index is 11.2. The number of amides is 2. The van der Waals surface area contributed by atoms with Crippen LogP contribution in [0.2, 0.25) is 0 Å². The highest BCUT2D eigenvalue weighted by molar-refractivity contribution is 5.83. The van der Waals surface area contributed by atoms with Crippen molar-refractivity contribution in [1.29, 1.82) is 0 Å². The first kappa shape index (κ1) is 18.5. The zero-order valence-corrected chi connectivity index (χ0v) is 12.2. The zero-order valence-electron chi connectivity index (χ0n) is 12.2. The van der Waals surface area contributed by atoms with Crippen LogP contribution in [0.4, 0.5) is 0 Å². The van der Waals surface area contributed by atoms with Gasteiger partial charge < -0.3 is 24.9 Å². The molecule has 0 unspecified atom stereocenters. The Labute approximate surface area is 119 Å². The van der Waals surface area contributed by atoms with Crippen LogP contribution >= 0.6 is 0 Å². The first-order valence-corrected chi connectivity index (χ1v) is 6.68. The molecule has 0 saturated carbocycles. The normalized spacial score (nSPS) is 10.1. The summed E-state index contributed by atoms with van der Waals surface area (Å²) in [5.74, 6) is -0.214. The van der Waals surface area contributed by atoms with E-state index in [2.05, 4.69) is 10.6 Å². The average molecular weight is 288 g/mol. The molecule has 0 aromatic rings. The van der Waals surface area contributed by atoms with E-state index in [0.29, 0.717) is 39.5 Å². The third kappa shape index (κ3) is 14.6. The summed E-state index contributed by atoms with van der Waals surface area (Å²) in [4.78, 5) is 32.4. The first-order valence-electron chi connectivity index (χ1n) is 6.68. The van der Waals surface area contributed by atoms with Gasteiger partial charge in [0.15, 0.2) is 0 Å². The van der Waals surface area contributed by atoms with E-state index in [4.69, 9.17) is 9.47 Å². The number of nitrogens with one attached hydrogen (secondary N) is 2. The third-order valence-electron chi connectivity index (χ3n) is 2.27. The van der Waals surface area contributed by atoms with E-state index < -0.39 is 0 Å². The highest BCUT2D eigenvalue weighted by Crippen LogP contribution is 1.89. The van der Waals surface area contributed by atoms with E-state index in [9.17, 15) is 14.4 Å². The van der Waals surface area contributed by atoms with Gasteiger partial charge in [-0.1, -0.05) is 0 Å². The van der Waals surface area contributed by atoms with Crippen molar-refractivity contribution >= 4 is 17.6 Å². The molecule has 0 spiro atoms. The van der Waals surface area contributed by atoms with Crippen LogP contribution in [0.25, 0.3) is 0 Å². The van der Waals surface area contributed by atoms with Gasteiger partial charge in [-0.25, -0.2) is 0 Å². The third-order valence-corrected chi connectivity index (χ3v) is 2.27. The molecule has 0 radical (unpaired) electrons. The topological polar surface area (TPSA) is 93.7 Å². The minimum absolute atomic E-state index is 0.00723. The van der Waals surface area contributed by atoms with E-state index >= 15 is 0 Å². The summed E-state index contributed by atoms with van der Waals surface area (Å²) in [6.45, 7) is 5.55. The molecule has 0 saturated heterocycles. The number of carbonyl (C=O) groups excluding carboxylic acids is 3. The molecule has 20 heavy (non-hydrogen) atoms. The predicted octanol–water partition coefficient (Wildman–Crippen LogP) is -0.359. The Morgan fingerprint density at radius 2 is 1.35 bits per heavy atom. The van der Waals surface area contributed by atoms with Crippen molar-refractivity contribution in [2.75, 3.05) is 39.5 Å². The molecule has 7 nitrogen and oxygen atoms in total. The standard InChI is InChI=1S/C13H24N2O5/c1-11(16)3-4-13(18)15-6-8-20-10-9-19-7-5-14-12(2)17/h3-10H2,1-2H3,(H,14,17)(H,15,18). The molecule has 2 amide bonds. The lowest BCUT2D eigenvalue weighted by Gasteiger charge is -2.07. The van der Waals surface area contributed by atoms with Crippen LogP contribution in [-0.2, 0) is 23.9 Å². The minimum Gasteiger partial charge on any atom is -0.377 e. The Hall–Kier alpha value is -1.47. The second-order valence-electron chi connectivity index (χ2n) is 4.26. The van der Waals surface area contributed by atoms with Crippen LogP contribution < -0.4 is 10.6 Å². The van der Waals surface area contributed by atoms with Crippen LogP contribution in [-0.4, -0.2) is 57.1 Å². The lowest BCUT2D eigenvalue weighted by molar-refractivity contribution is -0.124. The van der Waals surface area contributed by atoms with Crippen molar-refractivity contribution in [3.63, 3.8) is 0 Å². The van der Waals surface area contributed by atoms with Crippen LogP contribution in [0, 0.1) is 0 Å². The summed E-state index contributed by atoms with van der Waals surface area (Å²) < 4.78 is 10.5. The lowest BCUT2D eigenvalue weighted by atomic mass is 10.2. The quantitative estimate of drug-likeness (QED) is 0.478. The number of Topliss-reactive ketones (excluding diaryl/α,β-unsaturated/α-hetero) is 1. The van der Waals surface area contributed by atoms with Crippen molar-refractivity contribution in [2.45, 2.75) is 26.7 Å². The van der Waals surface area contributed by atoms with E-state index in [-0.39, 0.29) is 30.4 Å². The molecular formula is C13H24N2O5. The van der Waals surface area contributed by atoms with Gasteiger partial charge >= 0.3 is 0 Å². The number of ether oxygens (including phenoxy) is 2. The maximum Gasteiger partial charge on any atom is 0.220 e. The molecule has 0 aliphatic rings. The molecule has 2 N–H and O–H groups in total. The number of ketones is 1. The average Bonchev–Trinajstić information content (AvgIpc) is 2.38. The van der Waals surface area contributed by atoms with Crippen LogP contribution in [0.3, 0.4) is 0 Å². The molecule has 7 heteroatoms. The highest BCUT2D eigenvalue weighted by atomic mass is 16.5. The summed E-state index contributed by atoms with van der Waals surface area (Å²) in [5.41, 5.74) is 0. The molecule has 116 valence electrons. The number of hydrogen-bond donors (Lipinski definition) is 2. The minimum atomic E-state index is -0.143. The van der Waals surface area contributed by atoms with Gasteiger partial charge in [-0.15, -0.1) is 0 Å². The van der Waals surface area contributed by atoms with Gasteiger partial charge in [0.25, 0.3) is 0 Å². The second-order valence-corrected chi connectivity index (χ2v) is 4.26. The van der Waals surface area contributed by atoms with Crippen molar-refractivity contribution in [1.82, 2.24) is 10.6 Å². The predicted molar refractivity (Wildman–Crippen MR) is 73.2 cm³/mol. The molecule has 0 aromatic heterocycles. The zero-order chi connectivity index (χ0) is 15.2. The van der Waals surface area contributed by atoms with Gasteiger partial charge in [-0.3, -0.25) is 9.59 Å². The lowest BCUT2D eigenvalue weighted by Crippen LogP contribution is -2.28. The molecule has 0 heterocycles. The summed E-state index contributed by atoms with van der Waals surface area (Å²) in [7, 11) is 0. The Kier molecular flexibility index (Phi) is 11.6. The van der Waals surface area contributed by atoms with Gasteiger partial charge in [-0.05, 0) is 6.92 Å². The van der Waals surface area contributed by atoms with E-state index in [1.54, 1.807) is 0 Å². The molecule has 0 aromatic carbocycles. The second kappa shape index (κ2) is 12.6.